The lowest BCUT2D eigenvalue weighted by molar-refractivity contribution is -0.138. The van der Waals surface area contributed by atoms with Crippen molar-refractivity contribution in [3.63, 3.8) is 0 Å². The molecule has 0 saturated heterocycles. The minimum Gasteiger partial charge on any atom is -0.166 e. The van der Waals surface area contributed by atoms with Crippen molar-refractivity contribution in [2.45, 2.75) is 37.3 Å². The van der Waals surface area contributed by atoms with E-state index in [1.807, 2.05) is 0 Å². The molecule has 0 heterocycles. The SMILES string of the molecule is Cc1ccc2c(c1)C(C1C(C(F)(F)F)=C(C(F)(F)F)c3c1cccc3C(F)(F)F)=C1C=CC=CC12. The van der Waals surface area contributed by atoms with Gasteiger partial charge in [-0.2, -0.15) is 39.5 Å². The van der Waals surface area contributed by atoms with Crippen LogP contribution in [0.4, 0.5) is 39.5 Å². The molecule has 2 unspecified atom stereocenters. The zero-order valence-electron chi connectivity index (χ0n) is 17.8. The number of benzene rings is 2. The molecule has 2 aromatic carbocycles. The zero-order chi connectivity index (χ0) is 25.5. The quantitative estimate of drug-likeness (QED) is 0.345. The van der Waals surface area contributed by atoms with E-state index in [2.05, 4.69) is 0 Å². The van der Waals surface area contributed by atoms with Gasteiger partial charge in [0.2, 0.25) is 0 Å². The van der Waals surface area contributed by atoms with Crippen LogP contribution in [0.1, 0.15) is 45.2 Å². The number of aryl methyl sites for hydroxylation is 1. The Morgan fingerprint density at radius 1 is 0.743 bits per heavy atom. The summed E-state index contributed by atoms with van der Waals surface area (Å²) in [7, 11) is 0. The molecule has 0 amide bonds. The van der Waals surface area contributed by atoms with Crippen molar-refractivity contribution in [3.8, 4) is 0 Å². The molecule has 0 radical (unpaired) electrons. The smallest absolute Gasteiger partial charge is 0.166 e. The highest BCUT2D eigenvalue weighted by Gasteiger charge is 2.58. The second-order valence-electron chi connectivity index (χ2n) is 8.67. The lowest BCUT2D eigenvalue weighted by Gasteiger charge is -2.24. The van der Waals surface area contributed by atoms with E-state index in [1.54, 1.807) is 43.4 Å². The first-order chi connectivity index (χ1) is 16.2. The molecule has 2 aromatic rings. The van der Waals surface area contributed by atoms with Crippen LogP contribution < -0.4 is 0 Å². The molecule has 0 aromatic heterocycles. The Hall–Kier alpha value is -3.23. The van der Waals surface area contributed by atoms with E-state index in [0.717, 1.165) is 12.1 Å². The van der Waals surface area contributed by atoms with E-state index in [1.165, 1.54) is 6.08 Å². The van der Waals surface area contributed by atoms with Gasteiger partial charge in [-0.25, -0.2) is 0 Å². The summed E-state index contributed by atoms with van der Waals surface area (Å²) in [6, 6.07) is 7.17. The van der Waals surface area contributed by atoms with E-state index >= 15 is 0 Å². The monoisotopic (exact) mass is 498 g/mol. The minimum absolute atomic E-state index is 0.0542. The molecule has 0 bridgehead atoms. The number of alkyl halides is 9. The van der Waals surface area contributed by atoms with E-state index in [4.69, 9.17) is 0 Å². The molecule has 2 atom stereocenters. The average Bonchev–Trinajstić information content (AvgIpc) is 3.25. The summed E-state index contributed by atoms with van der Waals surface area (Å²) in [6.45, 7) is 1.68. The van der Waals surface area contributed by atoms with Gasteiger partial charge >= 0.3 is 18.5 Å². The predicted molar refractivity (Wildman–Crippen MR) is 112 cm³/mol. The van der Waals surface area contributed by atoms with Crippen molar-refractivity contribution in [3.05, 3.63) is 105 Å². The second kappa shape index (κ2) is 7.38. The minimum atomic E-state index is -5.67. The third-order valence-corrected chi connectivity index (χ3v) is 6.57. The van der Waals surface area contributed by atoms with Gasteiger partial charge in [0.25, 0.3) is 0 Å². The van der Waals surface area contributed by atoms with E-state index in [-0.39, 0.29) is 5.57 Å². The summed E-state index contributed by atoms with van der Waals surface area (Å²) in [5.41, 5.74) is -6.30. The molecule has 0 saturated carbocycles. The maximum atomic E-state index is 14.4. The van der Waals surface area contributed by atoms with Crippen LogP contribution in [0.15, 0.2) is 71.8 Å². The summed E-state index contributed by atoms with van der Waals surface area (Å²) in [5, 5.41) is 0. The van der Waals surface area contributed by atoms with Crippen molar-refractivity contribution in [1.82, 2.24) is 0 Å². The molecule has 0 nitrogen and oxygen atoms in total. The fraction of sp³-hybridized carbons (Fsp3) is 0.231. The van der Waals surface area contributed by atoms with Crippen LogP contribution in [-0.4, -0.2) is 12.4 Å². The number of hydrogen-bond donors (Lipinski definition) is 0. The van der Waals surface area contributed by atoms with Crippen LogP contribution in [0.5, 0.6) is 0 Å². The molecule has 3 aliphatic carbocycles. The molecule has 182 valence electrons. The van der Waals surface area contributed by atoms with Crippen LogP contribution in [0.3, 0.4) is 0 Å². The number of halogens is 9. The Morgan fingerprint density at radius 2 is 1.46 bits per heavy atom. The molecular weight excluding hydrogens is 483 g/mol. The van der Waals surface area contributed by atoms with Crippen molar-refractivity contribution in [2.24, 2.45) is 0 Å². The van der Waals surface area contributed by atoms with Crippen LogP contribution in [0.2, 0.25) is 0 Å². The summed E-state index contributed by atoms with van der Waals surface area (Å²) < 4.78 is 127. The first-order valence-electron chi connectivity index (χ1n) is 10.5. The van der Waals surface area contributed by atoms with Crippen molar-refractivity contribution >= 4 is 11.1 Å². The highest BCUT2D eigenvalue weighted by molar-refractivity contribution is 5.96. The molecule has 9 heteroatoms. The molecule has 0 spiro atoms. The lowest BCUT2D eigenvalue weighted by atomic mass is 9.82. The molecule has 0 aliphatic heterocycles. The summed E-state index contributed by atoms with van der Waals surface area (Å²) in [5.74, 6) is -2.58. The van der Waals surface area contributed by atoms with E-state index < -0.39 is 58.2 Å². The molecule has 0 fully saturated rings. The normalized spacial score (nSPS) is 21.5. The molecule has 3 aliphatic rings. The summed E-state index contributed by atoms with van der Waals surface area (Å²) >= 11 is 0. The Bertz CT molecular complexity index is 1360. The molecule has 0 N–H and O–H groups in total. The van der Waals surface area contributed by atoms with Crippen molar-refractivity contribution < 1.29 is 39.5 Å². The van der Waals surface area contributed by atoms with Crippen LogP contribution in [0.25, 0.3) is 11.1 Å². The number of rotatable bonds is 1. The molecular formula is C26H15F9. The van der Waals surface area contributed by atoms with Gasteiger partial charge in [0, 0.05) is 17.4 Å². The largest absolute Gasteiger partial charge is 0.417 e. The van der Waals surface area contributed by atoms with Gasteiger partial charge < -0.3 is 0 Å². The average molecular weight is 498 g/mol. The standard InChI is InChI=1S/C26H15F9/c1-12-9-10-14-13-5-2-3-6-15(13)19(17(14)11-12)21-16-7-4-8-18(24(27,28)29)20(16)22(25(30,31)32)23(21)26(33,34)35/h2-11,13,21H,1H3. The first-order valence-corrected chi connectivity index (χ1v) is 10.5. The summed E-state index contributed by atoms with van der Waals surface area (Å²) in [4.78, 5) is 0. The Labute approximate surface area is 193 Å². The maximum absolute atomic E-state index is 14.4. The third-order valence-electron chi connectivity index (χ3n) is 6.57. The Morgan fingerprint density at radius 3 is 2.09 bits per heavy atom. The Kier molecular flexibility index (Phi) is 4.96. The Balaban J connectivity index is 1.93. The lowest BCUT2D eigenvalue weighted by Crippen LogP contribution is -2.22. The third kappa shape index (κ3) is 3.54. The zero-order valence-corrected chi connectivity index (χ0v) is 17.8. The second-order valence-corrected chi connectivity index (χ2v) is 8.67. The van der Waals surface area contributed by atoms with Gasteiger partial charge in [0.05, 0.1) is 16.7 Å². The number of fused-ring (bicyclic) bond motifs is 4. The van der Waals surface area contributed by atoms with Crippen LogP contribution in [-0.2, 0) is 6.18 Å². The van der Waals surface area contributed by atoms with Gasteiger partial charge in [0.1, 0.15) is 0 Å². The number of allylic oxidation sites excluding steroid dienone is 8. The summed E-state index contributed by atoms with van der Waals surface area (Å²) in [6.07, 6.45) is -10.0. The van der Waals surface area contributed by atoms with E-state index in [0.29, 0.717) is 28.3 Å². The maximum Gasteiger partial charge on any atom is 0.417 e. The fourth-order valence-corrected chi connectivity index (χ4v) is 5.38. The van der Waals surface area contributed by atoms with E-state index in [9.17, 15) is 39.5 Å². The van der Waals surface area contributed by atoms with Gasteiger partial charge in [-0.15, -0.1) is 0 Å². The van der Waals surface area contributed by atoms with Gasteiger partial charge in [-0.1, -0.05) is 60.2 Å². The van der Waals surface area contributed by atoms with Gasteiger partial charge in [0.15, 0.2) is 0 Å². The molecule has 5 rings (SSSR count). The van der Waals surface area contributed by atoms with Gasteiger partial charge in [-0.3, -0.25) is 0 Å². The number of hydrogen-bond acceptors (Lipinski definition) is 0. The van der Waals surface area contributed by atoms with Crippen LogP contribution in [0, 0.1) is 6.92 Å². The highest BCUT2D eigenvalue weighted by Crippen LogP contribution is 2.63. The first kappa shape index (κ1) is 23.5. The van der Waals surface area contributed by atoms with Gasteiger partial charge in [-0.05, 0) is 40.8 Å². The molecule has 35 heavy (non-hydrogen) atoms. The van der Waals surface area contributed by atoms with Crippen LogP contribution >= 0.6 is 0 Å². The van der Waals surface area contributed by atoms with Crippen molar-refractivity contribution in [2.75, 3.05) is 0 Å². The van der Waals surface area contributed by atoms with Crippen molar-refractivity contribution in [1.29, 1.82) is 0 Å². The predicted octanol–water partition coefficient (Wildman–Crippen LogP) is 8.67. The highest BCUT2D eigenvalue weighted by atomic mass is 19.4. The fourth-order valence-electron chi connectivity index (χ4n) is 5.38. The topological polar surface area (TPSA) is 0 Å².